The zero-order chi connectivity index (χ0) is 9.84. The summed E-state index contributed by atoms with van der Waals surface area (Å²) in [6.45, 7) is 3.91. The van der Waals surface area contributed by atoms with E-state index in [1.807, 2.05) is 32.1 Å². The lowest BCUT2D eigenvalue weighted by Crippen LogP contribution is -1.87. The smallest absolute Gasteiger partial charge is 0.161 e. The molecule has 0 bridgehead atoms. The van der Waals surface area contributed by atoms with Crippen LogP contribution in [0.15, 0.2) is 18.2 Å². The Morgan fingerprint density at radius 3 is 2.62 bits per heavy atom. The predicted molar refractivity (Wildman–Crippen MR) is 54.1 cm³/mol. The molecule has 0 spiro atoms. The summed E-state index contributed by atoms with van der Waals surface area (Å²) in [4.78, 5) is 0. The maximum Gasteiger partial charge on any atom is 0.161 e. The largest absolute Gasteiger partial charge is 0.504 e. The van der Waals surface area contributed by atoms with E-state index in [4.69, 9.17) is 4.74 Å². The molecule has 0 saturated heterocycles. The van der Waals surface area contributed by atoms with Gasteiger partial charge in [-0.15, -0.1) is 0 Å². The average molecular weight is 178 g/mol. The van der Waals surface area contributed by atoms with Gasteiger partial charge in [-0.05, 0) is 37.1 Å². The molecule has 13 heavy (non-hydrogen) atoms. The number of aromatic hydroxyl groups is 1. The van der Waals surface area contributed by atoms with E-state index in [1.165, 1.54) is 0 Å². The molecule has 0 aliphatic heterocycles. The van der Waals surface area contributed by atoms with Crippen LogP contribution in [0.4, 0.5) is 0 Å². The molecule has 0 heterocycles. The molecule has 1 N–H and O–H groups in total. The maximum atomic E-state index is 9.43. The van der Waals surface area contributed by atoms with Crippen molar-refractivity contribution in [3.8, 4) is 11.5 Å². The normalized spacial score (nSPS) is 10.7. The van der Waals surface area contributed by atoms with E-state index in [-0.39, 0.29) is 5.75 Å². The zero-order valence-corrected chi connectivity index (χ0v) is 8.16. The molecule has 0 aromatic heterocycles. The summed E-state index contributed by atoms with van der Waals surface area (Å²) in [5.74, 6) is 0.701. The van der Waals surface area contributed by atoms with Crippen LogP contribution < -0.4 is 4.74 Å². The van der Waals surface area contributed by atoms with Gasteiger partial charge in [-0.25, -0.2) is 0 Å². The van der Waals surface area contributed by atoms with Crippen molar-refractivity contribution in [2.75, 3.05) is 7.11 Å². The molecule has 0 radical (unpaired) electrons. The number of ether oxygens (including phenoxy) is 1. The lowest BCUT2D eigenvalue weighted by molar-refractivity contribution is 0.373. The standard InChI is InChI=1S/C11H14O2/c1-4-5-9-7-11(13-3)10(12)6-8(9)2/h4-7,12H,1-3H3/b5-4+. The second-order valence-electron chi connectivity index (χ2n) is 2.88. The summed E-state index contributed by atoms with van der Waals surface area (Å²) in [7, 11) is 1.55. The summed E-state index contributed by atoms with van der Waals surface area (Å²) in [5.41, 5.74) is 2.11. The number of hydrogen-bond donors (Lipinski definition) is 1. The third kappa shape index (κ3) is 2.02. The van der Waals surface area contributed by atoms with Crippen LogP contribution in [-0.4, -0.2) is 12.2 Å². The van der Waals surface area contributed by atoms with Gasteiger partial charge in [0.25, 0.3) is 0 Å². The van der Waals surface area contributed by atoms with Crippen LogP contribution >= 0.6 is 0 Å². The Morgan fingerprint density at radius 2 is 2.08 bits per heavy atom. The van der Waals surface area contributed by atoms with Gasteiger partial charge in [0.2, 0.25) is 0 Å². The fraction of sp³-hybridized carbons (Fsp3) is 0.273. The summed E-state index contributed by atoms with van der Waals surface area (Å²) >= 11 is 0. The van der Waals surface area contributed by atoms with E-state index in [0.29, 0.717) is 5.75 Å². The quantitative estimate of drug-likeness (QED) is 0.754. The number of allylic oxidation sites excluding steroid dienone is 1. The Labute approximate surface area is 78.5 Å². The van der Waals surface area contributed by atoms with Crippen molar-refractivity contribution >= 4 is 6.08 Å². The topological polar surface area (TPSA) is 29.5 Å². The van der Waals surface area contributed by atoms with Crippen LogP contribution in [-0.2, 0) is 0 Å². The van der Waals surface area contributed by atoms with Gasteiger partial charge < -0.3 is 9.84 Å². The first-order valence-corrected chi connectivity index (χ1v) is 4.19. The Balaban J connectivity index is 3.22. The molecular formula is C11H14O2. The Morgan fingerprint density at radius 1 is 1.38 bits per heavy atom. The maximum absolute atomic E-state index is 9.43. The van der Waals surface area contributed by atoms with Crippen LogP contribution in [0.5, 0.6) is 11.5 Å². The van der Waals surface area contributed by atoms with Crippen molar-refractivity contribution in [2.45, 2.75) is 13.8 Å². The highest BCUT2D eigenvalue weighted by molar-refractivity contribution is 5.59. The fourth-order valence-corrected chi connectivity index (χ4v) is 1.21. The van der Waals surface area contributed by atoms with Crippen LogP contribution in [0, 0.1) is 6.92 Å². The molecule has 2 nitrogen and oxygen atoms in total. The van der Waals surface area contributed by atoms with Crippen molar-refractivity contribution in [1.82, 2.24) is 0 Å². The molecule has 0 amide bonds. The van der Waals surface area contributed by atoms with Crippen LogP contribution in [0.3, 0.4) is 0 Å². The molecule has 0 aliphatic rings. The van der Waals surface area contributed by atoms with Gasteiger partial charge in [-0.2, -0.15) is 0 Å². The van der Waals surface area contributed by atoms with Gasteiger partial charge >= 0.3 is 0 Å². The van der Waals surface area contributed by atoms with Crippen molar-refractivity contribution in [3.63, 3.8) is 0 Å². The predicted octanol–water partition coefficient (Wildman–Crippen LogP) is 2.74. The molecule has 70 valence electrons. The van der Waals surface area contributed by atoms with Crippen LogP contribution in [0.2, 0.25) is 0 Å². The van der Waals surface area contributed by atoms with Crippen molar-refractivity contribution in [2.24, 2.45) is 0 Å². The zero-order valence-electron chi connectivity index (χ0n) is 8.16. The minimum absolute atomic E-state index is 0.188. The number of hydrogen-bond acceptors (Lipinski definition) is 2. The molecule has 0 saturated carbocycles. The molecule has 0 aliphatic carbocycles. The number of aryl methyl sites for hydroxylation is 1. The van der Waals surface area contributed by atoms with Gasteiger partial charge in [0.05, 0.1) is 7.11 Å². The first-order chi connectivity index (χ1) is 6.19. The molecule has 1 aromatic rings. The number of phenols is 1. The minimum Gasteiger partial charge on any atom is -0.504 e. The first kappa shape index (κ1) is 9.65. The minimum atomic E-state index is 0.188. The summed E-state index contributed by atoms with van der Waals surface area (Å²) in [6.07, 6.45) is 3.94. The number of rotatable bonds is 2. The van der Waals surface area contributed by atoms with E-state index in [0.717, 1.165) is 11.1 Å². The highest BCUT2D eigenvalue weighted by Gasteiger charge is 2.03. The lowest BCUT2D eigenvalue weighted by atomic mass is 10.1. The van der Waals surface area contributed by atoms with Crippen molar-refractivity contribution < 1.29 is 9.84 Å². The fourth-order valence-electron chi connectivity index (χ4n) is 1.21. The molecule has 1 rings (SSSR count). The monoisotopic (exact) mass is 178 g/mol. The molecule has 0 fully saturated rings. The Bertz CT molecular complexity index is 327. The third-order valence-corrected chi connectivity index (χ3v) is 1.91. The lowest BCUT2D eigenvalue weighted by Gasteiger charge is -2.06. The van der Waals surface area contributed by atoms with E-state index in [9.17, 15) is 5.11 Å². The average Bonchev–Trinajstić information content (AvgIpc) is 2.10. The molecule has 1 aromatic carbocycles. The first-order valence-electron chi connectivity index (χ1n) is 4.19. The molecular weight excluding hydrogens is 164 g/mol. The SMILES string of the molecule is C/C=C/c1cc(OC)c(O)cc1C. The van der Waals surface area contributed by atoms with Gasteiger partial charge in [-0.3, -0.25) is 0 Å². The van der Waals surface area contributed by atoms with Gasteiger partial charge in [-0.1, -0.05) is 12.2 Å². The van der Waals surface area contributed by atoms with Crippen LogP contribution in [0.1, 0.15) is 18.1 Å². The summed E-state index contributed by atoms with van der Waals surface area (Å²) in [5, 5.41) is 9.43. The van der Waals surface area contributed by atoms with Crippen molar-refractivity contribution in [1.29, 1.82) is 0 Å². The molecule has 0 unspecified atom stereocenters. The Hall–Kier alpha value is -1.44. The number of benzene rings is 1. The van der Waals surface area contributed by atoms with E-state index < -0.39 is 0 Å². The number of phenolic OH excluding ortho intramolecular Hbond substituents is 1. The van der Waals surface area contributed by atoms with Gasteiger partial charge in [0.1, 0.15) is 0 Å². The highest BCUT2D eigenvalue weighted by Crippen LogP contribution is 2.29. The van der Waals surface area contributed by atoms with Gasteiger partial charge in [0.15, 0.2) is 11.5 Å². The summed E-state index contributed by atoms with van der Waals surface area (Å²) < 4.78 is 5.00. The highest BCUT2D eigenvalue weighted by atomic mass is 16.5. The Kier molecular flexibility index (Phi) is 2.96. The van der Waals surface area contributed by atoms with E-state index in [2.05, 4.69) is 0 Å². The third-order valence-electron chi connectivity index (χ3n) is 1.91. The van der Waals surface area contributed by atoms with E-state index >= 15 is 0 Å². The molecule has 2 heteroatoms. The van der Waals surface area contributed by atoms with E-state index in [1.54, 1.807) is 13.2 Å². The van der Waals surface area contributed by atoms with Crippen molar-refractivity contribution in [3.05, 3.63) is 29.3 Å². The second-order valence-corrected chi connectivity index (χ2v) is 2.88. The van der Waals surface area contributed by atoms with Crippen LogP contribution in [0.25, 0.3) is 6.08 Å². The number of methoxy groups -OCH3 is 1. The van der Waals surface area contributed by atoms with Gasteiger partial charge in [0, 0.05) is 0 Å². The second kappa shape index (κ2) is 3.99. The summed E-state index contributed by atoms with van der Waals surface area (Å²) in [6, 6.07) is 3.53. The molecule has 0 atom stereocenters.